The molecular formula is C42H51ClN12O6. The molecule has 7 heterocycles. The molecule has 322 valence electrons. The number of nitrogens with one attached hydrogen (secondary N) is 3. The number of aliphatic hydroxyl groups is 1. The number of carbonyl (C=O) groups excluding carboxylic acids is 3. The number of aromatic nitrogens is 6. The second-order valence-corrected chi connectivity index (χ2v) is 16.7. The van der Waals surface area contributed by atoms with Gasteiger partial charge in [-0.1, -0.05) is 23.7 Å². The van der Waals surface area contributed by atoms with Crippen LogP contribution < -0.4 is 36.0 Å². The highest BCUT2D eigenvalue weighted by molar-refractivity contribution is 6.33. The minimum absolute atomic E-state index is 0.0350. The first kappa shape index (κ1) is 41.9. The fraction of sp³-hybridized carbons (Fsp3) is 0.476. The van der Waals surface area contributed by atoms with E-state index in [-0.39, 0.29) is 54.3 Å². The van der Waals surface area contributed by atoms with Gasteiger partial charge < -0.3 is 30.3 Å². The molecule has 3 saturated heterocycles. The van der Waals surface area contributed by atoms with E-state index in [0.717, 1.165) is 61.3 Å². The van der Waals surface area contributed by atoms with Crippen molar-refractivity contribution in [3.8, 4) is 5.75 Å². The monoisotopic (exact) mass is 854 g/mol. The number of para-hydroxylation sites is 1. The lowest BCUT2D eigenvalue weighted by molar-refractivity contribution is -0.134. The Bertz CT molecular complexity index is 2540. The molecule has 4 aromatic heterocycles. The molecule has 19 heteroatoms. The van der Waals surface area contributed by atoms with Gasteiger partial charge in [-0.2, -0.15) is 10.1 Å². The van der Waals surface area contributed by atoms with E-state index in [4.69, 9.17) is 26.4 Å². The van der Waals surface area contributed by atoms with Crippen LogP contribution in [0.25, 0.3) is 21.9 Å². The predicted molar refractivity (Wildman–Crippen MR) is 232 cm³/mol. The van der Waals surface area contributed by atoms with Gasteiger partial charge in [0.2, 0.25) is 17.8 Å². The number of halogens is 1. The summed E-state index contributed by atoms with van der Waals surface area (Å²) in [5.74, 6) is -0.00263. The predicted octanol–water partition coefficient (Wildman–Crippen LogP) is 3.10. The zero-order chi connectivity index (χ0) is 42.9. The Balaban J connectivity index is 0.910. The topological polar surface area (TPSA) is 205 Å². The molecule has 2 atom stereocenters. The van der Waals surface area contributed by atoms with E-state index in [1.165, 1.54) is 17.8 Å². The molecule has 61 heavy (non-hydrogen) atoms. The Labute approximate surface area is 357 Å². The van der Waals surface area contributed by atoms with Gasteiger partial charge in [-0.05, 0) is 57.2 Å². The van der Waals surface area contributed by atoms with Crippen LogP contribution in [0.5, 0.6) is 5.75 Å². The molecule has 18 nitrogen and oxygen atoms in total. The van der Waals surface area contributed by atoms with Crippen LogP contribution in [0.4, 0.5) is 23.1 Å². The lowest BCUT2D eigenvalue weighted by Gasteiger charge is -2.43. The third kappa shape index (κ3) is 8.56. The summed E-state index contributed by atoms with van der Waals surface area (Å²) in [7, 11) is 3.41. The van der Waals surface area contributed by atoms with E-state index >= 15 is 0 Å². The number of hydrogen-bond acceptors (Lipinski definition) is 14. The average Bonchev–Trinajstić information content (AvgIpc) is 3.59. The molecule has 0 bridgehead atoms. The number of piperidine rings is 2. The second-order valence-electron chi connectivity index (χ2n) is 16.3. The van der Waals surface area contributed by atoms with Crippen molar-refractivity contribution in [3.63, 3.8) is 0 Å². The zero-order valence-electron chi connectivity index (χ0n) is 34.7. The van der Waals surface area contributed by atoms with Crippen LogP contribution in [0.2, 0.25) is 5.02 Å². The van der Waals surface area contributed by atoms with E-state index < -0.39 is 5.92 Å². The van der Waals surface area contributed by atoms with Gasteiger partial charge in [0.15, 0.2) is 18.2 Å². The Morgan fingerprint density at radius 2 is 1.87 bits per heavy atom. The minimum Gasteiger partial charge on any atom is -0.478 e. The van der Waals surface area contributed by atoms with Crippen molar-refractivity contribution in [2.45, 2.75) is 57.5 Å². The van der Waals surface area contributed by atoms with Gasteiger partial charge in [0.25, 0.3) is 11.5 Å². The fourth-order valence-electron chi connectivity index (χ4n) is 8.82. The van der Waals surface area contributed by atoms with Gasteiger partial charge in [-0.25, -0.2) is 9.97 Å². The number of piperazine rings is 1. The number of nitrogens with zero attached hydrogens (tertiary/aromatic N) is 9. The number of carbonyl (C=O) groups is 3. The number of fused-ring (bicyclic) bond motifs is 2. The summed E-state index contributed by atoms with van der Waals surface area (Å²) in [5, 5.41) is 25.5. The Morgan fingerprint density at radius 3 is 2.61 bits per heavy atom. The molecule has 8 rings (SSSR count). The van der Waals surface area contributed by atoms with E-state index in [2.05, 4.69) is 41.8 Å². The summed E-state index contributed by atoms with van der Waals surface area (Å²) in [6.45, 7) is 8.11. The third-order valence-electron chi connectivity index (χ3n) is 11.9. The van der Waals surface area contributed by atoms with E-state index in [1.807, 2.05) is 48.7 Å². The third-order valence-corrected chi connectivity index (χ3v) is 12.2. The van der Waals surface area contributed by atoms with Crippen LogP contribution in [0.15, 0.2) is 47.5 Å². The Morgan fingerprint density at radius 1 is 1.07 bits per heavy atom. The molecule has 5 aromatic rings. The number of benzene rings is 1. The fourth-order valence-corrected chi connectivity index (χ4v) is 8.96. The first-order valence-electron chi connectivity index (χ1n) is 20.7. The molecule has 4 N–H and O–H groups in total. The Hall–Kier alpha value is -5.85. The highest BCUT2D eigenvalue weighted by Crippen LogP contribution is 2.36. The van der Waals surface area contributed by atoms with Crippen molar-refractivity contribution >= 4 is 74.4 Å². The largest absolute Gasteiger partial charge is 0.478 e. The molecule has 3 fully saturated rings. The lowest BCUT2D eigenvalue weighted by Crippen LogP contribution is -2.56. The summed E-state index contributed by atoms with van der Waals surface area (Å²) in [4.78, 5) is 70.4. The molecule has 0 saturated carbocycles. The van der Waals surface area contributed by atoms with Crippen molar-refractivity contribution in [2.75, 3.05) is 74.6 Å². The van der Waals surface area contributed by atoms with Crippen LogP contribution in [-0.2, 0) is 21.4 Å². The van der Waals surface area contributed by atoms with Crippen LogP contribution in [-0.4, -0.2) is 123 Å². The summed E-state index contributed by atoms with van der Waals surface area (Å²) in [5.41, 5.74) is 3.46. The minimum atomic E-state index is -0.447. The molecule has 0 radical (unpaired) electrons. The van der Waals surface area contributed by atoms with E-state index in [0.29, 0.717) is 65.4 Å². The van der Waals surface area contributed by atoms with E-state index in [1.54, 1.807) is 12.3 Å². The molecule has 3 amide bonds. The number of amides is 3. The van der Waals surface area contributed by atoms with Gasteiger partial charge in [-0.15, -0.1) is 0 Å². The summed E-state index contributed by atoms with van der Waals surface area (Å²) >= 11 is 6.61. The van der Waals surface area contributed by atoms with Gasteiger partial charge in [0, 0.05) is 76.6 Å². The van der Waals surface area contributed by atoms with Crippen LogP contribution in [0.1, 0.15) is 57.2 Å². The zero-order valence-corrected chi connectivity index (χ0v) is 35.5. The van der Waals surface area contributed by atoms with Crippen molar-refractivity contribution in [2.24, 2.45) is 13.0 Å². The molecule has 2 unspecified atom stereocenters. The lowest BCUT2D eigenvalue weighted by atomic mass is 9.92. The number of rotatable bonds is 12. The number of likely N-dealkylation sites (N-methyl/N-ethyl adjacent to an activating group) is 1. The normalized spacial score (nSPS) is 19.2. The van der Waals surface area contributed by atoms with Crippen LogP contribution in [0.3, 0.4) is 0 Å². The molecule has 0 aliphatic carbocycles. The maximum Gasteiger partial charge on any atom is 0.294 e. The quantitative estimate of drug-likeness (QED) is 0.133. The highest BCUT2D eigenvalue weighted by Gasteiger charge is 2.34. The van der Waals surface area contributed by atoms with Gasteiger partial charge in [0.1, 0.15) is 10.7 Å². The van der Waals surface area contributed by atoms with Crippen molar-refractivity contribution in [3.05, 3.63) is 63.8 Å². The number of ether oxygens (including phenoxy) is 1. The van der Waals surface area contributed by atoms with Gasteiger partial charge in [0.05, 0.1) is 53.5 Å². The summed E-state index contributed by atoms with van der Waals surface area (Å²) in [6, 6.07) is 9.09. The maximum absolute atomic E-state index is 13.2. The van der Waals surface area contributed by atoms with Crippen LogP contribution in [0, 0.1) is 5.92 Å². The average molecular weight is 855 g/mol. The number of imide groups is 1. The van der Waals surface area contributed by atoms with Crippen molar-refractivity contribution in [1.29, 1.82) is 0 Å². The Kier molecular flexibility index (Phi) is 12.1. The molecule has 0 spiro atoms. The number of aliphatic hydroxyl groups excluding tert-OH is 1. The van der Waals surface area contributed by atoms with Gasteiger partial charge in [-0.3, -0.25) is 38.6 Å². The second kappa shape index (κ2) is 17.6. The highest BCUT2D eigenvalue weighted by atomic mass is 35.5. The first-order valence-corrected chi connectivity index (χ1v) is 21.1. The summed E-state index contributed by atoms with van der Waals surface area (Å²) < 4.78 is 8.99. The van der Waals surface area contributed by atoms with Crippen molar-refractivity contribution in [1.82, 2.24) is 44.8 Å². The molecule has 1 aromatic carbocycles. The van der Waals surface area contributed by atoms with Crippen molar-refractivity contribution < 1.29 is 24.2 Å². The number of hydrogen-bond donors (Lipinski definition) is 4. The number of anilines is 4. The van der Waals surface area contributed by atoms with E-state index in [9.17, 15) is 24.3 Å². The van der Waals surface area contributed by atoms with Gasteiger partial charge >= 0.3 is 0 Å². The number of aryl methyl sites for hydroxylation is 1. The molecular weight excluding hydrogens is 804 g/mol. The smallest absolute Gasteiger partial charge is 0.294 e. The summed E-state index contributed by atoms with van der Waals surface area (Å²) in [6.07, 6.45) is 5.93. The maximum atomic E-state index is 13.2. The molecule has 3 aliphatic rings. The number of pyridine rings is 2. The molecule has 3 aliphatic heterocycles. The first-order chi connectivity index (χ1) is 29.4. The van der Waals surface area contributed by atoms with Crippen LogP contribution >= 0.6 is 11.6 Å². The standard InChI is InChI=1S/C42H51ClN12O6/c1-24(2)55-39-26(17-33(41(55)60)61-23-35(58)44-3)16-27(18-45-39)47-38-31(43)19-46-42(49-38)54-15-14-52(21-28(54)22-56)20-25-10-12-53(13-11-25)32-7-5-6-29-36(50-51(4)37(29)32)30-8-9-34(57)48-40(30)59/h5-7,16-19,24-25,28,30,56H,8-15,20-23H2,1-4H3,(H,44,58)(H,46,47,49)(H,48,57,59). The SMILES string of the molecule is CNC(=O)COc1cc2cc(Nc3nc(N4CCN(CC5CCN(c6cccc7c(C8CCC(=O)NC8=O)nn(C)c67)CC5)CC4CO)ncc3Cl)cnc2n(C(C)C)c1=O.